The molecule has 0 bridgehead atoms. The van der Waals surface area contributed by atoms with Crippen molar-refractivity contribution in [2.75, 3.05) is 18.0 Å². The molecule has 0 atom stereocenters. The summed E-state index contributed by atoms with van der Waals surface area (Å²) in [5, 5.41) is 1.81. The number of unbranched alkanes of at least 4 members (excludes halogenated alkanes) is 2. The zero-order chi connectivity index (χ0) is 31.8. The summed E-state index contributed by atoms with van der Waals surface area (Å²) in [6, 6.07) is 17.5. The number of thiazole rings is 1. The first-order valence-corrected chi connectivity index (χ1v) is 15.4. The van der Waals surface area contributed by atoms with Crippen molar-refractivity contribution in [1.82, 2.24) is 15.0 Å². The van der Waals surface area contributed by atoms with Crippen LogP contribution in [0.3, 0.4) is 0 Å². The highest BCUT2D eigenvalue weighted by Crippen LogP contribution is 2.38. The third-order valence-corrected chi connectivity index (χ3v) is 8.26. The third-order valence-electron chi connectivity index (χ3n) is 7.20. The van der Waals surface area contributed by atoms with Gasteiger partial charge in [-0.05, 0) is 43.5 Å². The molecule has 0 aliphatic carbocycles. The van der Waals surface area contributed by atoms with Crippen molar-refractivity contribution >= 4 is 46.2 Å². The molecule has 0 radical (unpaired) electrons. The Morgan fingerprint density at radius 1 is 0.955 bits per heavy atom. The minimum Gasteiger partial charge on any atom is -0.348 e. The van der Waals surface area contributed by atoms with Crippen LogP contribution in [0.1, 0.15) is 68.6 Å². The molecule has 1 aromatic heterocycles. The van der Waals surface area contributed by atoms with Crippen molar-refractivity contribution < 1.29 is 19.2 Å². The summed E-state index contributed by atoms with van der Waals surface area (Å²) >= 11 is 1.42. The number of anilines is 1. The van der Waals surface area contributed by atoms with Gasteiger partial charge in [-0.2, -0.15) is 10.0 Å². The van der Waals surface area contributed by atoms with Gasteiger partial charge in [-0.15, -0.1) is 0 Å². The van der Waals surface area contributed by atoms with E-state index in [-0.39, 0.29) is 22.4 Å². The molecule has 4 amide bonds. The number of hydrogen-bond donors (Lipinski definition) is 0. The van der Waals surface area contributed by atoms with Crippen molar-refractivity contribution in [3.63, 3.8) is 0 Å². The Labute approximate surface area is 261 Å². The highest BCUT2D eigenvalue weighted by atomic mass is 32.1. The van der Waals surface area contributed by atoms with E-state index in [0.717, 1.165) is 56.4 Å². The van der Waals surface area contributed by atoms with Gasteiger partial charge in [0.05, 0.1) is 17.1 Å². The van der Waals surface area contributed by atoms with E-state index in [1.54, 1.807) is 24.3 Å². The fourth-order valence-electron chi connectivity index (χ4n) is 4.80. The van der Waals surface area contributed by atoms with E-state index in [0.29, 0.717) is 20.6 Å². The first-order valence-electron chi connectivity index (χ1n) is 14.6. The van der Waals surface area contributed by atoms with Crippen LogP contribution in [0.2, 0.25) is 0 Å². The largest absolute Gasteiger partial charge is 0.348 e. The number of nitrogens with zero attached hydrogens (tertiary/aromatic N) is 5. The minimum absolute atomic E-state index is 0.0313. The van der Waals surface area contributed by atoms with Gasteiger partial charge >= 0.3 is 0 Å². The van der Waals surface area contributed by atoms with Crippen LogP contribution in [0, 0.1) is 6.57 Å². The smallest absolute Gasteiger partial charge is 0.280 e. The maximum Gasteiger partial charge on any atom is 0.280 e. The molecule has 226 valence electrons. The molecule has 1 aliphatic rings. The number of carbonyl (C=O) groups excluding carboxylic acids is 4. The number of carbonyl (C=O) groups is 4. The summed E-state index contributed by atoms with van der Waals surface area (Å²) in [6.45, 7) is 16.3. The Hall–Kier alpha value is -4.88. The molecular formula is C34H35N5O4S. The Kier molecular flexibility index (Phi) is 10.6. The predicted molar refractivity (Wildman–Crippen MR) is 172 cm³/mol. The zero-order valence-corrected chi connectivity index (χ0v) is 26.2. The summed E-state index contributed by atoms with van der Waals surface area (Å²) in [7, 11) is 0. The van der Waals surface area contributed by atoms with Crippen LogP contribution in [-0.2, 0) is 14.4 Å². The van der Waals surface area contributed by atoms with Crippen LogP contribution in [0.4, 0.5) is 5.13 Å². The van der Waals surface area contributed by atoms with Crippen LogP contribution in [0.25, 0.3) is 22.2 Å². The highest BCUT2D eigenvalue weighted by Gasteiger charge is 2.43. The van der Waals surface area contributed by atoms with Gasteiger partial charge in [0.25, 0.3) is 23.4 Å². The minimum atomic E-state index is -1.03. The summed E-state index contributed by atoms with van der Waals surface area (Å²) in [5.74, 6) is -3.59. The molecule has 9 nitrogen and oxygen atoms in total. The second-order valence-corrected chi connectivity index (χ2v) is 11.3. The maximum absolute atomic E-state index is 14.1. The highest BCUT2D eigenvalue weighted by molar-refractivity contribution is 7.17. The lowest BCUT2D eigenvalue weighted by Crippen LogP contribution is -2.57. The van der Waals surface area contributed by atoms with Gasteiger partial charge in [-0.3, -0.25) is 19.2 Å². The lowest BCUT2D eigenvalue weighted by molar-refractivity contribution is -0.163. The van der Waals surface area contributed by atoms with Gasteiger partial charge in [0.2, 0.25) is 5.91 Å². The van der Waals surface area contributed by atoms with Gasteiger partial charge in [0.1, 0.15) is 0 Å². The molecular weight excluding hydrogens is 574 g/mol. The van der Waals surface area contributed by atoms with E-state index < -0.39 is 23.6 Å². The number of imide groups is 2. The van der Waals surface area contributed by atoms with Gasteiger partial charge in [-0.25, -0.2) is 9.83 Å². The molecule has 3 aromatic rings. The molecule has 10 heteroatoms. The quantitative estimate of drug-likeness (QED) is 0.135. The third kappa shape index (κ3) is 6.68. The van der Waals surface area contributed by atoms with E-state index in [4.69, 9.17) is 11.6 Å². The standard InChI is InChI=1S/C34H35N5O4S/c1-6-8-20-37(21-9-7-2)34-36-30(25-16-12-10-13-17-25)28(44-34)22-27-23(3)29(35-5)33(43)39(32(27)42)38(24(4)40)31(41)26-18-14-11-15-19-26/h10-19,22H,6-9,20-21H2,1-4H3. The van der Waals surface area contributed by atoms with Gasteiger partial charge in [0.15, 0.2) is 5.13 Å². The van der Waals surface area contributed by atoms with E-state index in [2.05, 4.69) is 23.6 Å². The molecule has 0 N–H and O–H groups in total. The topological polar surface area (TPSA) is 95.2 Å². The maximum atomic E-state index is 14.1. The lowest BCUT2D eigenvalue weighted by atomic mass is 9.98. The van der Waals surface area contributed by atoms with Crippen molar-refractivity contribution in [3.05, 3.63) is 99.4 Å². The Bertz CT molecular complexity index is 1650. The number of hydrogen-bond acceptors (Lipinski definition) is 7. The average Bonchev–Trinajstić information content (AvgIpc) is 3.45. The summed E-state index contributed by atoms with van der Waals surface area (Å²) in [4.78, 5) is 65.2. The molecule has 4 rings (SSSR count). The van der Waals surface area contributed by atoms with Crippen LogP contribution >= 0.6 is 11.3 Å². The van der Waals surface area contributed by atoms with E-state index in [9.17, 15) is 19.2 Å². The SMILES string of the molecule is [C-]#[N+]C1=C(C)C(=Cc2sc(N(CCCC)CCCC)nc2-c2ccccc2)C(=O)N(N(C(C)=O)C(=O)c2ccccc2)C1=O. The molecule has 0 saturated heterocycles. The number of rotatable bonds is 11. The molecule has 0 saturated carbocycles. The van der Waals surface area contributed by atoms with Gasteiger partial charge in [0, 0.05) is 36.7 Å². The predicted octanol–water partition coefficient (Wildman–Crippen LogP) is 6.77. The molecule has 44 heavy (non-hydrogen) atoms. The Morgan fingerprint density at radius 3 is 2.09 bits per heavy atom. The van der Waals surface area contributed by atoms with Crippen molar-refractivity contribution in [2.45, 2.75) is 53.4 Å². The summed E-state index contributed by atoms with van der Waals surface area (Å²) in [6.07, 6.45) is 5.69. The molecule has 0 fully saturated rings. The van der Waals surface area contributed by atoms with E-state index in [1.165, 1.54) is 30.4 Å². The Balaban J connectivity index is 1.88. The van der Waals surface area contributed by atoms with Gasteiger partial charge < -0.3 is 4.90 Å². The summed E-state index contributed by atoms with van der Waals surface area (Å²) in [5.41, 5.74) is 1.48. The van der Waals surface area contributed by atoms with Crippen LogP contribution < -0.4 is 4.90 Å². The van der Waals surface area contributed by atoms with E-state index >= 15 is 0 Å². The first kappa shape index (κ1) is 32.0. The number of hydrazine groups is 1. The van der Waals surface area contributed by atoms with Crippen LogP contribution in [0.5, 0.6) is 0 Å². The zero-order valence-electron chi connectivity index (χ0n) is 25.4. The summed E-state index contributed by atoms with van der Waals surface area (Å²) < 4.78 is 0. The lowest BCUT2D eigenvalue weighted by Gasteiger charge is -2.34. The van der Waals surface area contributed by atoms with Crippen molar-refractivity contribution in [3.8, 4) is 11.3 Å². The molecule has 1 aliphatic heterocycles. The molecule has 0 unspecified atom stereocenters. The monoisotopic (exact) mass is 609 g/mol. The number of benzene rings is 2. The van der Waals surface area contributed by atoms with Crippen molar-refractivity contribution in [1.29, 1.82) is 0 Å². The molecule has 2 aromatic carbocycles. The second-order valence-electron chi connectivity index (χ2n) is 10.3. The van der Waals surface area contributed by atoms with Gasteiger partial charge in [-0.1, -0.05) is 86.6 Å². The fourth-order valence-corrected chi connectivity index (χ4v) is 5.89. The first-order chi connectivity index (χ1) is 21.2. The molecule has 0 spiro atoms. The molecule has 2 heterocycles. The number of amides is 4. The normalized spacial score (nSPS) is 14.2. The average molecular weight is 610 g/mol. The van der Waals surface area contributed by atoms with Crippen molar-refractivity contribution in [2.24, 2.45) is 0 Å². The van der Waals surface area contributed by atoms with Crippen LogP contribution in [0.15, 0.2) is 77.5 Å². The Morgan fingerprint density at radius 2 is 1.55 bits per heavy atom. The van der Waals surface area contributed by atoms with E-state index in [1.807, 2.05) is 30.3 Å². The second kappa shape index (κ2) is 14.5. The van der Waals surface area contributed by atoms with Crippen LogP contribution in [-0.4, -0.2) is 51.7 Å². The fraction of sp³-hybridized carbons (Fsp3) is 0.294. The number of aromatic nitrogens is 1.